The number of imidazole rings is 1. The van der Waals surface area contributed by atoms with Gasteiger partial charge in [-0.25, -0.2) is 18.8 Å². The van der Waals surface area contributed by atoms with Crippen molar-refractivity contribution in [3.05, 3.63) is 55.7 Å². The van der Waals surface area contributed by atoms with E-state index in [9.17, 15) is 8.78 Å². The number of benzene rings is 1. The fraction of sp³-hybridized carbons (Fsp3) is 0.435. The van der Waals surface area contributed by atoms with E-state index in [1.165, 1.54) is 4.57 Å². The summed E-state index contributed by atoms with van der Waals surface area (Å²) in [5, 5.41) is 1.99. The van der Waals surface area contributed by atoms with E-state index in [0.717, 1.165) is 13.0 Å². The minimum atomic E-state index is -2.76. The zero-order valence-electron chi connectivity index (χ0n) is 18.8. The quantitative estimate of drug-likeness (QED) is 0.499. The molecule has 0 amide bonds. The number of guanidine groups is 1. The fourth-order valence-corrected chi connectivity index (χ4v) is 4.47. The van der Waals surface area contributed by atoms with Gasteiger partial charge in [0.05, 0.1) is 23.2 Å². The first-order chi connectivity index (χ1) is 16.1. The van der Waals surface area contributed by atoms with Gasteiger partial charge in [-0.2, -0.15) is 22.8 Å². The molecule has 1 atom stereocenters. The molecule has 34 heavy (non-hydrogen) atoms. The molecule has 3 aliphatic rings. The molecule has 1 fully saturated rings. The van der Waals surface area contributed by atoms with E-state index in [1.54, 1.807) is 24.4 Å². The van der Waals surface area contributed by atoms with Crippen molar-refractivity contribution in [2.75, 3.05) is 26.3 Å². The first-order valence-corrected chi connectivity index (χ1v) is 11.2. The van der Waals surface area contributed by atoms with E-state index in [4.69, 9.17) is 14.7 Å². The van der Waals surface area contributed by atoms with Gasteiger partial charge in [0, 0.05) is 25.9 Å². The van der Waals surface area contributed by atoms with Crippen LogP contribution in [0.4, 0.5) is 8.78 Å². The number of alkyl halides is 2. The van der Waals surface area contributed by atoms with Gasteiger partial charge >= 0.3 is 31.1 Å². The zero-order valence-corrected chi connectivity index (χ0v) is 23.0. The predicted molar refractivity (Wildman–Crippen MR) is 123 cm³/mol. The van der Waals surface area contributed by atoms with Crippen LogP contribution in [0.25, 0.3) is 11.0 Å². The Labute approximate surface area is 221 Å². The summed E-state index contributed by atoms with van der Waals surface area (Å²) >= 11 is 0. The summed E-state index contributed by atoms with van der Waals surface area (Å²) in [6.45, 7) is 10.7. The summed E-state index contributed by atoms with van der Waals surface area (Å²) in [5.41, 5.74) is 5.05. The molecule has 1 saturated heterocycles. The largest absolute Gasteiger partial charge is 2.00 e. The number of aliphatic imine (C=N–C) groups is 2. The average molecular weight is 694 g/mol. The maximum absolute atomic E-state index is 14.1. The number of nitrogens with one attached hydrogen (secondary N) is 1. The molecule has 0 radical (unpaired) electrons. The molecule has 0 bridgehead atoms. The molecule has 1 N–H and O–H groups in total. The van der Waals surface area contributed by atoms with E-state index >= 15 is 0 Å². The van der Waals surface area contributed by atoms with Crippen LogP contribution in [0.3, 0.4) is 0 Å². The van der Waals surface area contributed by atoms with Crippen LogP contribution in [0.2, 0.25) is 0 Å². The summed E-state index contributed by atoms with van der Waals surface area (Å²) in [7, 11) is 0. The third kappa shape index (κ3) is 4.55. The normalized spacial score (nSPS) is 21.1. The SMILES string of the molecule is [CH2-]CC(C[CH2-])N1NC=C2C(n3c(C(F)F)nc4ccccc43)=NC(N3CCCOCC3)=NC21.[U+2]. The summed E-state index contributed by atoms with van der Waals surface area (Å²) in [6.07, 6.45) is 0.689. The maximum Gasteiger partial charge on any atom is 2.00 e. The van der Waals surface area contributed by atoms with Gasteiger partial charge in [-0.05, 0) is 24.6 Å². The van der Waals surface area contributed by atoms with Crippen molar-refractivity contribution in [2.45, 2.75) is 37.9 Å². The first-order valence-electron chi connectivity index (χ1n) is 11.2. The van der Waals surface area contributed by atoms with Crippen molar-refractivity contribution >= 4 is 22.8 Å². The van der Waals surface area contributed by atoms with Crippen LogP contribution in [0.5, 0.6) is 0 Å². The molecule has 2 aromatic rings. The smallest absolute Gasteiger partial charge is 0.380 e. The van der Waals surface area contributed by atoms with Gasteiger partial charge in [-0.3, -0.25) is 4.57 Å². The minimum absolute atomic E-state index is 0. The zero-order chi connectivity index (χ0) is 22.9. The number of para-hydroxylation sites is 2. The number of nitrogens with zero attached hydrogens (tertiary/aromatic N) is 6. The van der Waals surface area contributed by atoms with E-state index in [-0.39, 0.29) is 43.0 Å². The maximum atomic E-state index is 14.1. The van der Waals surface area contributed by atoms with Crippen LogP contribution in [0.1, 0.15) is 31.5 Å². The molecule has 3 aliphatic heterocycles. The number of halogens is 2. The molecule has 1 unspecified atom stereocenters. The molecule has 1 aromatic carbocycles. The van der Waals surface area contributed by atoms with Crippen molar-refractivity contribution < 1.29 is 44.6 Å². The number of hydrogen-bond donors (Lipinski definition) is 1. The third-order valence-electron chi connectivity index (χ3n) is 6.17. The van der Waals surface area contributed by atoms with Gasteiger partial charge in [-0.15, -0.1) is 0 Å². The first kappa shape index (κ1) is 25.3. The average Bonchev–Trinajstić information content (AvgIpc) is 3.31. The Morgan fingerprint density at radius 2 is 1.94 bits per heavy atom. The molecule has 0 aliphatic carbocycles. The van der Waals surface area contributed by atoms with Crippen molar-refractivity contribution in [1.29, 1.82) is 0 Å². The minimum Gasteiger partial charge on any atom is -0.380 e. The molecule has 178 valence electrons. The van der Waals surface area contributed by atoms with Crippen molar-refractivity contribution in [1.82, 2.24) is 24.9 Å². The van der Waals surface area contributed by atoms with Gasteiger partial charge in [-0.1, -0.05) is 12.1 Å². The number of ether oxygens (including phenoxy) is 1. The van der Waals surface area contributed by atoms with Gasteiger partial charge in [0.2, 0.25) is 5.96 Å². The molecule has 5 rings (SSSR count). The number of hydrogen-bond acceptors (Lipinski definition) is 7. The van der Waals surface area contributed by atoms with E-state index in [1.807, 2.05) is 11.1 Å². The van der Waals surface area contributed by atoms with Gasteiger partial charge in [0.25, 0.3) is 6.43 Å². The van der Waals surface area contributed by atoms with E-state index in [2.05, 4.69) is 29.2 Å². The number of hydrazine groups is 1. The third-order valence-corrected chi connectivity index (χ3v) is 6.17. The van der Waals surface area contributed by atoms with Crippen molar-refractivity contribution in [2.24, 2.45) is 9.98 Å². The Hall–Kier alpha value is -1.80. The number of rotatable bonds is 4. The Morgan fingerprint density at radius 1 is 1.15 bits per heavy atom. The van der Waals surface area contributed by atoms with Crippen LogP contribution >= 0.6 is 0 Å². The number of fused-ring (bicyclic) bond motifs is 2. The Bertz CT molecular complexity index is 1100. The Balaban J connectivity index is 0.00000274. The van der Waals surface area contributed by atoms with Crippen LogP contribution < -0.4 is 5.43 Å². The second-order valence-electron chi connectivity index (χ2n) is 8.15. The standard InChI is InChI=1S/C23H27F2N7O.U/c1-3-15(4-2)32-21-16(14-26-32)20(28-23(29-21)30-10-7-12-33-13-11-30)31-18-9-6-5-8-17(18)27-22(31)19(24)25;/h5-6,8-9,14-15,19,21,26H,1-4,7,10-13H2;/q-2;+2. The second-order valence-corrected chi connectivity index (χ2v) is 8.15. The summed E-state index contributed by atoms with van der Waals surface area (Å²) in [4.78, 5) is 16.0. The molecule has 0 spiro atoms. The van der Waals surface area contributed by atoms with E-state index in [0.29, 0.717) is 61.0 Å². The van der Waals surface area contributed by atoms with Gasteiger partial charge in [0.1, 0.15) is 0 Å². The predicted octanol–water partition coefficient (Wildman–Crippen LogP) is 3.16. The topological polar surface area (TPSA) is 70.3 Å². The molecular weight excluding hydrogens is 666 g/mol. The molecule has 8 nitrogen and oxygen atoms in total. The molecule has 1 aromatic heterocycles. The Morgan fingerprint density at radius 3 is 2.71 bits per heavy atom. The monoisotopic (exact) mass is 693 g/mol. The van der Waals surface area contributed by atoms with Crippen LogP contribution in [-0.4, -0.2) is 69.8 Å². The summed E-state index contributed by atoms with van der Waals surface area (Å²) < 4.78 is 35.3. The van der Waals surface area contributed by atoms with Crippen molar-refractivity contribution in [3.63, 3.8) is 0 Å². The van der Waals surface area contributed by atoms with Crippen LogP contribution in [0, 0.1) is 45.0 Å². The van der Waals surface area contributed by atoms with Crippen LogP contribution in [0.15, 0.2) is 46.0 Å². The fourth-order valence-electron chi connectivity index (χ4n) is 4.47. The second kappa shape index (κ2) is 10.9. The molecule has 4 heterocycles. The summed E-state index contributed by atoms with van der Waals surface area (Å²) in [6, 6.07) is 7.14. The molecule has 0 saturated carbocycles. The number of aromatic nitrogens is 2. The van der Waals surface area contributed by atoms with Crippen LogP contribution in [-0.2, 0) is 4.74 Å². The molecular formula is C23H27F2N7OU. The summed E-state index contributed by atoms with van der Waals surface area (Å²) in [5.74, 6) is 0.580. The van der Waals surface area contributed by atoms with E-state index < -0.39 is 12.6 Å². The van der Waals surface area contributed by atoms with Gasteiger partial charge < -0.3 is 28.9 Å². The molecule has 11 heteroatoms. The van der Waals surface area contributed by atoms with Gasteiger partial charge in [0.15, 0.2) is 17.8 Å². The Kier molecular flexibility index (Phi) is 8.08. The van der Waals surface area contributed by atoms with Crippen molar-refractivity contribution in [3.8, 4) is 0 Å².